The van der Waals surface area contributed by atoms with Gasteiger partial charge in [-0.25, -0.2) is 17.8 Å². The minimum Gasteiger partial charge on any atom is -0.337 e. The van der Waals surface area contributed by atoms with E-state index in [0.29, 0.717) is 30.8 Å². The van der Waals surface area contributed by atoms with Gasteiger partial charge in [0.25, 0.3) is 5.91 Å². The Morgan fingerprint density at radius 2 is 2.00 bits per heavy atom. The average molecular weight is 348 g/mol. The fraction of sp³-hybridized carbons (Fsp3) is 0.375. The molecule has 1 fully saturated rings. The first-order valence-electron chi connectivity index (χ1n) is 7.72. The molecule has 0 aliphatic carbocycles. The number of aromatic nitrogens is 2. The molecule has 1 aliphatic heterocycles. The molecule has 0 saturated carbocycles. The van der Waals surface area contributed by atoms with Crippen molar-refractivity contribution >= 4 is 15.9 Å². The third kappa shape index (κ3) is 3.65. The Hall–Kier alpha value is -2.19. The maximum absolute atomic E-state index is 12.7. The number of nitrogens with one attached hydrogen (secondary N) is 1. The highest BCUT2D eigenvalue weighted by Gasteiger charge is 2.30. The summed E-state index contributed by atoms with van der Waals surface area (Å²) >= 11 is 0. The van der Waals surface area contributed by atoms with Gasteiger partial charge in [-0.15, -0.1) is 0 Å². The largest absolute Gasteiger partial charge is 0.337 e. The molecule has 0 bridgehead atoms. The minimum absolute atomic E-state index is 0.118. The van der Waals surface area contributed by atoms with Gasteiger partial charge in [-0.2, -0.15) is 5.10 Å². The first-order valence-corrected chi connectivity index (χ1v) is 9.61. The van der Waals surface area contributed by atoms with Crippen molar-refractivity contribution in [1.82, 2.24) is 19.4 Å². The third-order valence-corrected chi connectivity index (χ3v) is 4.77. The van der Waals surface area contributed by atoms with Crippen molar-refractivity contribution in [2.45, 2.75) is 19.4 Å². The number of amides is 1. The number of nitrogens with zero attached hydrogens (tertiary/aromatic N) is 3. The molecule has 0 spiro atoms. The van der Waals surface area contributed by atoms with E-state index < -0.39 is 10.0 Å². The number of carbonyl (C=O) groups is 1. The molecule has 1 amide bonds. The zero-order valence-corrected chi connectivity index (χ0v) is 14.5. The highest BCUT2D eigenvalue weighted by Crippen LogP contribution is 2.18. The van der Waals surface area contributed by atoms with Gasteiger partial charge in [-0.1, -0.05) is 18.2 Å². The SMILES string of the molecule is Cc1nn(-c2ccccc2)cc1C(=O)N1CCC(NS(C)(=O)=O)C1. The Kier molecular flexibility index (Phi) is 4.42. The van der Waals surface area contributed by atoms with Gasteiger partial charge in [0.15, 0.2) is 0 Å². The van der Waals surface area contributed by atoms with Gasteiger partial charge in [0, 0.05) is 25.3 Å². The summed E-state index contributed by atoms with van der Waals surface area (Å²) in [6.07, 6.45) is 3.47. The van der Waals surface area contributed by atoms with Crippen LogP contribution < -0.4 is 4.72 Å². The van der Waals surface area contributed by atoms with Crippen LogP contribution in [-0.4, -0.2) is 54.4 Å². The summed E-state index contributed by atoms with van der Waals surface area (Å²) in [5.41, 5.74) is 2.08. The second kappa shape index (κ2) is 6.37. The van der Waals surface area contributed by atoms with Crippen LogP contribution in [0.5, 0.6) is 0 Å². The molecular weight excluding hydrogens is 328 g/mol. The van der Waals surface area contributed by atoms with Crippen LogP contribution in [0.3, 0.4) is 0 Å². The lowest BCUT2D eigenvalue weighted by Crippen LogP contribution is -2.37. The van der Waals surface area contributed by atoms with Crippen molar-refractivity contribution in [2.24, 2.45) is 0 Å². The third-order valence-electron chi connectivity index (χ3n) is 4.01. The highest BCUT2D eigenvalue weighted by molar-refractivity contribution is 7.88. The first-order chi connectivity index (χ1) is 11.3. The van der Waals surface area contributed by atoms with Crippen LogP contribution in [0.4, 0.5) is 0 Å². The standard InChI is InChI=1S/C16H20N4O3S/c1-12-15(11-20(17-12)14-6-4-3-5-7-14)16(21)19-9-8-13(10-19)18-24(2,22)23/h3-7,11,13,18H,8-10H2,1-2H3. The van der Waals surface area contributed by atoms with E-state index >= 15 is 0 Å². The normalized spacial score (nSPS) is 18.1. The Morgan fingerprint density at radius 1 is 1.29 bits per heavy atom. The number of likely N-dealkylation sites (tertiary alicyclic amines) is 1. The van der Waals surface area contributed by atoms with E-state index in [4.69, 9.17) is 0 Å². The minimum atomic E-state index is -3.27. The summed E-state index contributed by atoms with van der Waals surface area (Å²) < 4.78 is 26.9. The van der Waals surface area contributed by atoms with Crippen LogP contribution >= 0.6 is 0 Å². The summed E-state index contributed by atoms with van der Waals surface area (Å²) in [5.74, 6) is -0.118. The lowest BCUT2D eigenvalue weighted by molar-refractivity contribution is 0.0789. The fourth-order valence-electron chi connectivity index (χ4n) is 2.90. The van der Waals surface area contributed by atoms with E-state index in [2.05, 4.69) is 9.82 Å². The van der Waals surface area contributed by atoms with Crippen LogP contribution in [0.15, 0.2) is 36.5 Å². The number of sulfonamides is 1. The van der Waals surface area contributed by atoms with Crippen LogP contribution in [0, 0.1) is 6.92 Å². The number of aryl methyl sites for hydroxylation is 1. The fourth-order valence-corrected chi connectivity index (χ4v) is 3.69. The summed E-state index contributed by atoms with van der Waals surface area (Å²) in [4.78, 5) is 14.4. The predicted molar refractivity (Wildman–Crippen MR) is 90.6 cm³/mol. The number of rotatable bonds is 4. The van der Waals surface area contributed by atoms with Gasteiger partial charge in [-0.3, -0.25) is 4.79 Å². The second-order valence-electron chi connectivity index (χ2n) is 6.04. The molecule has 0 radical (unpaired) electrons. The van der Waals surface area contributed by atoms with Crippen molar-refractivity contribution in [3.8, 4) is 5.69 Å². The van der Waals surface area contributed by atoms with Crippen molar-refractivity contribution in [3.05, 3.63) is 47.8 Å². The van der Waals surface area contributed by atoms with Gasteiger partial charge in [0.2, 0.25) is 10.0 Å². The molecule has 8 heteroatoms. The molecule has 7 nitrogen and oxygen atoms in total. The molecule has 1 aromatic heterocycles. The molecule has 1 N–H and O–H groups in total. The van der Waals surface area contributed by atoms with Crippen LogP contribution in [-0.2, 0) is 10.0 Å². The molecule has 2 heterocycles. The summed E-state index contributed by atoms with van der Waals surface area (Å²) in [7, 11) is -3.27. The van der Waals surface area contributed by atoms with Crippen LogP contribution in [0.2, 0.25) is 0 Å². The topological polar surface area (TPSA) is 84.3 Å². The summed E-state index contributed by atoms with van der Waals surface area (Å²) in [6.45, 7) is 2.71. The van der Waals surface area contributed by atoms with Gasteiger partial charge in [0.05, 0.1) is 23.2 Å². The number of benzene rings is 1. The first kappa shape index (κ1) is 16.7. The quantitative estimate of drug-likeness (QED) is 0.891. The Labute approximate surface area is 141 Å². The molecule has 2 aromatic rings. The Balaban J connectivity index is 1.76. The molecule has 1 unspecified atom stereocenters. The number of carbonyl (C=O) groups excluding carboxylic acids is 1. The molecule has 3 rings (SSSR count). The smallest absolute Gasteiger partial charge is 0.257 e. The molecule has 128 valence electrons. The summed E-state index contributed by atoms with van der Waals surface area (Å²) in [5, 5.41) is 4.41. The predicted octanol–water partition coefficient (Wildman–Crippen LogP) is 0.944. The maximum atomic E-state index is 12.7. The zero-order chi connectivity index (χ0) is 17.3. The monoisotopic (exact) mass is 348 g/mol. The number of hydrogen-bond donors (Lipinski definition) is 1. The van der Waals surface area contributed by atoms with Crippen molar-refractivity contribution in [2.75, 3.05) is 19.3 Å². The van der Waals surface area contributed by atoms with Gasteiger partial charge >= 0.3 is 0 Å². The average Bonchev–Trinajstić information content (AvgIpc) is 3.13. The van der Waals surface area contributed by atoms with Crippen molar-refractivity contribution < 1.29 is 13.2 Å². The summed E-state index contributed by atoms with van der Waals surface area (Å²) in [6, 6.07) is 9.36. The number of para-hydroxylation sites is 1. The van der Waals surface area contributed by atoms with Crippen LogP contribution in [0.1, 0.15) is 22.5 Å². The molecule has 1 aromatic carbocycles. The molecule has 1 atom stereocenters. The maximum Gasteiger partial charge on any atom is 0.257 e. The van der Waals surface area contributed by atoms with Gasteiger partial charge in [-0.05, 0) is 25.5 Å². The molecule has 1 aliphatic rings. The molecular formula is C16H20N4O3S. The molecule has 1 saturated heterocycles. The van der Waals surface area contributed by atoms with Crippen molar-refractivity contribution in [1.29, 1.82) is 0 Å². The van der Waals surface area contributed by atoms with E-state index in [-0.39, 0.29) is 11.9 Å². The lowest BCUT2D eigenvalue weighted by Gasteiger charge is -2.16. The number of hydrogen-bond acceptors (Lipinski definition) is 4. The van der Waals surface area contributed by atoms with E-state index in [1.165, 1.54) is 0 Å². The van der Waals surface area contributed by atoms with Crippen LogP contribution in [0.25, 0.3) is 5.69 Å². The zero-order valence-electron chi connectivity index (χ0n) is 13.6. The van der Waals surface area contributed by atoms with E-state index in [1.807, 2.05) is 30.3 Å². The van der Waals surface area contributed by atoms with E-state index in [0.717, 1.165) is 11.9 Å². The van der Waals surface area contributed by atoms with Gasteiger partial charge in [0.1, 0.15) is 0 Å². The highest BCUT2D eigenvalue weighted by atomic mass is 32.2. The van der Waals surface area contributed by atoms with Crippen molar-refractivity contribution in [3.63, 3.8) is 0 Å². The Morgan fingerprint density at radius 3 is 2.67 bits per heavy atom. The van der Waals surface area contributed by atoms with E-state index in [9.17, 15) is 13.2 Å². The second-order valence-corrected chi connectivity index (χ2v) is 7.82. The Bertz CT molecular complexity index is 845. The lowest BCUT2D eigenvalue weighted by atomic mass is 10.2. The van der Waals surface area contributed by atoms with Gasteiger partial charge < -0.3 is 4.90 Å². The van der Waals surface area contributed by atoms with E-state index in [1.54, 1.807) is 22.7 Å². The molecule has 24 heavy (non-hydrogen) atoms.